The first-order chi connectivity index (χ1) is 9.58. The number of piperidine rings is 1. The second-order valence-electron chi connectivity index (χ2n) is 4.66. The van der Waals surface area contributed by atoms with Gasteiger partial charge in [0.05, 0.1) is 12.6 Å². The Bertz CT molecular complexity index is 435. The average molecular weight is 283 g/mol. The van der Waals surface area contributed by atoms with Gasteiger partial charge in [0.15, 0.2) is 0 Å². The second-order valence-corrected chi connectivity index (χ2v) is 4.66. The number of esters is 1. The maximum Gasteiger partial charge on any atom is 0.516 e. The molecule has 20 heavy (non-hydrogen) atoms. The number of ether oxygens (including phenoxy) is 3. The zero-order valence-electron chi connectivity index (χ0n) is 11.2. The van der Waals surface area contributed by atoms with Gasteiger partial charge in [0.2, 0.25) is 0 Å². The van der Waals surface area contributed by atoms with Gasteiger partial charge < -0.3 is 14.2 Å². The van der Waals surface area contributed by atoms with Crippen molar-refractivity contribution in [3.63, 3.8) is 0 Å². The van der Waals surface area contributed by atoms with Crippen molar-refractivity contribution >= 4 is 18.2 Å². The van der Waals surface area contributed by atoms with Crippen LogP contribution >= 0.6 is 0 Å². The Morgan fingerprint density at radius 1 is 1.50 bits per heavy atom. The summed E-state index contributed by atoms with van der Waals surface area (Å²) in [4.78, 5) is 36.4. The average Bonchev–Trinajstić information content (AvgIpc) is 2.79. The van der Waals surface area contributed by atoms with Crippen molar-refractivity contribution in [2.45, 2.75) is 31.8 Å². The van der Waals surface area contributed by atoms with Gasteiger partial charge in [-0.15, -0.1) is 6.58 Å². The van der Waals surface area contributed by atoms with Crippen LogP contribution in [-0.2, 0) is 19.0 Å². The van der Waals surface area contributed by atoms with Crippen LogP contribution in [0.25, 0.3) is 0 Å². The minimum Gasteiger partial charge on any atom is -0.447 e. The highest BCUT2D eigenvalue weighted by Crippen LogP contribution is 2.33. The molecule has 2 aliphatic heterocycles. The second kappa shape index (κ2) is 5.94. The lowest BCUT2D eigenvalue weighted by Crippen LogP contribution is -2.54. The van der Waals surface area contributed by atoms with Crippen LogP contribution in [0.2, 0.25) is 0 Å². The summed E-state index contributed by atoms with van der Waals surface area (Å²) in [6.45, 7) is 5.64. The Labute approximate surface area is 116 Å². The van der Waals surface area contributed by atoms with E-state index in [1.54, 1.807) is 13.0 Å². The number of rotatable bonds is 3. The number of amides is 1. The molecule has 7 nitrogen and oxygen atoms in total. The first kappa shape index (κ1) is 14.4. The molecule has 0 saturated carbocycles. The summed E-state index contributed by atoms with van der Waals surface area (Å²) in [6, 6.07) is -1.04. The molecule has 0 N–H and O–H groups in total. The van der Waals surface area contributed by atoms with Gasteiger partial charge in [-0.05, 0) is 19.8 Å². The summed E-state index contributed by atoms with van der Waals surface area (Å²) in [5.74, 6) is -1.07. The van der Waals surface area contributed by atoms with Crippen LogP contribution in [0.4, 0.5) is 9.59 Å². The van der Waals surface area contributed by atoms with E-state index in [9.17, 15) is 14.4 Å². The molecular weight excluding hydrogens is 266 g/mol. The molecule has 0 unspecified atom stereocenters. The van der Waals surface area contributed by atoms with E-state index in [4.69, 9.17) is 4.74 Å². The number of hydrogen-bond acceptors (Lipinski definition) is 6. The van der Waals surface area contributed by atoms with E-state index in [0.29, 0.717) is 6.42 Å². The Morgan fingerprint density at radius 3 is 2.90 bits per heavy atom. The molecule has 2 aliphatic rings. The maximum atomic E-state index is 12.1. The number of fused-ring (bicyclic) bond motifs is 1. The minimum atomic E-state index is -1.06. The van der Waals surface area contributed by atoms with E-state index in [2.05, 4.69) is 16.1 Å². The molecule has 7 heteroatoms. The van der Waals surface area contributed by atoms with Crippen LogP contribution in [0.15, 0.2) is 12.7 Å². The van der Waals surface area contributed by atoms with Gasteiger partial charge >= 0.3 is 18.2 Å². The van der Waals surface area contributed by atoms with Gasteiger partial charge in [0.25, 0.3) is 0 Å². The fraction of sp³-hybridized carbons (Fsp3) is 0.615. The lowest BCUT2D eigenvalue weighted by Gasteiger charge is -2.37. The molecule has 0 spiro atoms. The van der Waals surface area contributed by atoms with Gasteiger partial charge in [-0.3, -0.25) is 4.90 Å². The minimum absolute atomic E-state index is 0.107. The molecule has 2 fully saturated rings. The zero-order valence-corrected chi connectivity index (χ0v) is 11.2. The first-order valence-electron chi connectivity index (χ1n) is 6.54. The number of carbonyl (C=O) groups is 3. The predicted octanol–water partition coefficient (Wildman–Crippen LogP) is 1.47. The Hall–Kier alpha value is -2.05. The van der Waals surface area contributed by atoms with E-state index in [-0.39, 0.29) is 25.2 Å². The summed E-state index contributed by atoms with van der Waals surface area (Å²) in [7, 11) is 0. The van der Waals surface area contributed by atoms with Gasteiger partial charge in [-0.2, -0.15) is 0 Å². The third kappa shape index (κ3) is 2.61. The van der Waals surface area contributed by atoms with Crippen LogP contribution in [-0.4, -0.2) is 48.4 Å². The lowest BCUT2D eigenvalue weighted by molar-refractivity contribution is -0.148. The summed E-state index contributed by atoms with van der Waals surface area (Å²) < 4.78 is 14.1. The molecule has 2 rings (SSSR count). The molecule has 0 aromatic heterocycles. The SMILES string of the molecule is C=C[C@H]1CC[C@H]2COC(=O)N2[C@@H]1C(=O)OC(=O)OCC. The van der Waals surface area contributed by atoms with Crippen LogP contribution in [0.1, 0.15) is 19.8 Å². The summed E-state index contributed by atoms with van der Waals surface area (Å²) in [5, 5.41) is 0. The molecule has 2 heterocycles. The van der Waals surface area contributed by atoms with Crippen LogP contribution in [0.3, 0.4) is 0 Å². The molecule has 1 amide bonds. The fourth-order valence-electron chi connectivity index (χ4n) is 2.61. The van der Waals surface area contributed by atoms with E-state index in [0.717, 1.165) is 6.42 Å². The quantitative estimate of drug-likeness (QED) is 0.443. The van der Waals surface area contributed by atoms with Crippen molar-refractivity contribution in [1.29, 1.82) is 0 Å². The molecule has 0 aliphatic carbocycles. The van der Waals surface area contributed by atoms with Crippen LogP contribution < -0.4 is 0 Å². The third-order valence-corrected chi connectivity index (χ3v) is 3.53. The summed E-state index contributed by atoms with van der Waals surface area (Å²) in [5.41, 5.74) is 0. The largest absolute Gasteiger partial charge is 0.516 e. The predicted molar refractivity (Wildman–Crippen MR) is 66.8 cm³/mol. The molecular formula is C13H17NO6. The highest BCUT2D eigenvalue weighted by atomic mass is 16.7. The molecule has 0 bridgehead atoms. The number of hydrogen-bond donors (Lipinski definition) is 0. The van der Waals surface area contributed by atoms with E-state index in [1.807, 2.05) is 0 Å². The van der Waals surface area contributed by atoms with Gasteiger partial charge in [-0.25, -0.2) is 14.4 Å². The van der Waals surface area contributed by atoms with Crippen molar-refractivity contribution in [1.82, 2.24) is 4.90 Å². The van der Waals surface area contributed by atoms with Gasteiger partial charge in [-0.1, -0.05) is 6.08 Å². The van der Waals surface area contributed by atoms with Crippen molar-refractivity contribution in [2.24, 2.45) is 5.92 Å². The van der Waals surface area contributed by atoms with Gasteiger partial charge in [0.1, 0.15) is 12.6 Å². The van der Waals surface area contributed by atoms with Crippen LogP contribution in [0.5, 0.6) is 0 Å². The fourth-order valence-corrected chi connectivity index (χ4v) is 2.61. The highest BCUT2D eigenvalue weighted by Gasteiger charge is 2.48. The van der Waals surface area contributed by atoms with Crippen molar-refractivity contribution in [2.75, 3.05) is 13.2 Å². The van der Waals surface area contributed by atoms with Crippen molar-refractivity contribution in [3.05, 3.63) is 12.7 Å². The Balaban J connectivity index is 2.15. The molecule has 3 atom stereocenters. The van der Waals surface area contributed by atoms with Crippen molar-refractivity contribution in [3.8, 4) is 0 Å². The van der Waals surface area contributed by atoms with Crippen molar-refractivity contribution < 1.29 is 28.6 Å². The molecule has 110 valence electrons. The normalized spacial score (nSPS) is 28.4. The van der Waals surface area contributed by atoms with Gasteiger partial charge in [0, 0.05) is 5.92 Å². The van der Waals surface area contributed by atoms with E-state index >= 15 is 0 Å². The monoisotopic (exact) mass is 283 g/mol. The smallest absolute Gasteiger partial charge is 0.447 e. The molecule has 0 aromatic carbocycles. The number of cyclic esters (lactones) is 1. The zero-order chi connectivity index (χ0) is 14.7. The van der Waals surface area contributed by atoms with E-state index < -0.39 is 24.3 Å². The molecule has 0 aromatic rings. The first-order valence-corrected chi connectivity index (χ1v) is 6.54. The maximum absolute atomic E-state index is 12.1. The molecule has 0 radical (unpaired) electrons. The highest BCUT2D eigenvalue weighted by molar-refractivity contribution is 5.89. The molecule has 2 saturated heterocycles. The number of carbonyl (C=O) groups excluding carboxylic acids is 3. The Morgan fingerprint density at radius 2 is 2.25 bits per heavy atom. The summed E-state index contributed by atoms with van der Waals surface area (Å²) >= 11 is 0. The Kier molecular flexibility index (Phi) is 4.26. The topological polar surface area (TPSA) is 82.1 Å². The lowest BCUT2D eigenvalue weighted by atomic mass is 9.86. The third-order valence-electron chi connectivity index (χ3n) is 3.53. The van der Waals surface area contributed by atoms with Crippen LogP contribution in [0, 0.1) is 5.92 Å². The summed E-state index contributed by atoms with van der Waals surface area (Å²) in [6.07, 6.45) is 1.39. The van der Waals surface area contributed by atoms with E-state index in [1.165, 1.54) is 4.90 Å². The number of nitrogens with zero attached hydrogens (tertiary/aromatic N) is 1. The standard InChI is InChI=1S/C13H17NO6/c1-3-8-5-6-9-7-19-12(16)14(9)10(8)11(15)20-13(17)18-4-2/h3,8-10H,1,4-7H2,2H3/t8-,9-,10-/m0/s1.